The summed E-state index contributed by atoms with van der Waals surface area (Å²) in [6, 6.07) is 12.7. The normalized spacial score (nSPS) is 12.5. The van der Waals surface area contributed by atoms with Crippen molar-refractivity contribution < 1.29 is 19.7 Å². The number of methoxy groups -OCH3 is 1. The number of rotatable bonds is 6. The summed E-state index contributed by atoms with van der Waals surface area (Å²) in [5.74, 6) is 0.251. The Morgan fingerprint density at radius 2 is 1.82 bits per heavy atom. The maximum atomic E-state index is 9.98. The van der Waals surface area contributed by atoms with Crippen molar-refractivity contribution in [1.29, 1.82) is 0 Å². The highest BCUT2D eigenvalue weighted by molar-refractivity contribution is 5.63. The van der Waals surface area contributed by atoms with Crippen molar-refractivity contribution in [2.45, 2.75) is 13.0 Å². The lowest BCUT2D eigenvalue weighted by Gasteiger charge is -2.13. The van der Waals surface area contributed by atoms with Gasteiger partial charge in [0.25, 0.3) is 0 Å². The summed E-state index contributed by atoms with van der Waals surface area (Å²) in [5, 5.41) is 19.8. The van der Waals surface area contributed by atoms with Gasteiger partial charge in [-0.15, -0.1) is 0 Å². The summed E-state index contributed by atoms with van der Waals surface area (Å²) >= 11 is 0. The highest BCUT2D eigenvalue weighted by Gasteiger charge is 2.10. The van der Waals surface area contributed by atoms with Crippen LogP contribution in [-0.2, 0) is 4.74 Å². The summed E-state index contributed by atoms with van der Waals surface area (Å²) in [6.45, 7) is 2.50. The van der Waals surface area contributed by atoms with E-state index in [4.69, 9.17) is 9.47 Å². The van der Waals surface area contributed by atoms with Crippen LogP contribution in [0.3, 0.4) is 0 Å². The van der Waals surface area contributed by atoms with E-state index >= 15 is 0 Å². The number of hydrogen-bond donors (Lipinski definition) is 2. The third-order valence-electron chi connectivity index (χ3n) is 3.25. The van der Waals surface area contributed by atoms with Crippen LogP contribution in [0.25, 0.3) is 6.08 Å². The average Bonchev–Trinajstić information content (AvgIpc) is 2.54. The second-order valence-electron chi connectivity index (χ2n) is 4.73. The Labute approximate surface area is 130 Å². The van der Waals surface area contributed by atoms with Crippen molar-refractivity contribution in [2.75, 3.05) is 13.7 Å². The van der Waals surface area contributed by atoms with E-state index in [1.54, 1.807) is 6.08 Å². The number of benzene rings is 2. The molecule has 2 aromatic rings. The Morgan fingerprint density at radius 3 is 2.45 bits per heavy atom. The molecule has 0 bridgehead atoms. The van der Waals surface area contributed by atoms with Gasteiger partial charge in [-0.05, 0) is 18.6 Å². The van der Waals surface area contributed by atoms with E-state index in [2.05, 4.69) is 0 Å². The fourth-order valence-electron chi connectivity index (χ4n) is 2.15. The lowest BCUT2D eigenvalue weighted by molar-refractivity contribution is 0.0973. The molecule has 0 saturated heterocycles. The maximum absolute atomic E-state index is 9.98. The molecule has 2 aromatic carbocycles. The van der Waals surface area contributed by atoms with Crippen LogP contribution in [0.1, 0.15) is 24.2 Å². The first kappa shape index (κ1) is 15.9. The molecule has 1 unspecified atom stereocenters. The van der Waals surface area contributed by atoms with Crippen molar-refractivity contribution >= 4 is 6.08 Å². The molecule has 2 N–H and O–H groups in total. The fourth-order valence-corrected chi connectivity index (χ4v) is 2.15. The van der Waals surface area contributed by atoms with Crippen molar-refractivity contribution in [1.82, 2.24) is 0 Å². The van der Waals surface area contributed by atoms with Gasteiger partial charge in [-0.25, -0.2) is 0 Å². The van der Waals surface area contributed by atoms with Crippen LogP contribution in [0.2, 0.25) is 0 Å². The number of phenols is 2. The first-order chi connectivity index (χ1) is 10.7. The number of aromatic hydroxyl groups is 2. The van der Waals surface area contributed by atoms with Crippen LogP contribution in [0.5, 0.6) is 17.2 Å². The predicted molar refractivity (Wildman–Crippen MR) is 86.2 cm³/mol. The largest absolute Gasteiger partial charge is 0.507 e. The van der Waals surface area contributed by atoms with Gasteiger partial charge in [0.05, 0.1) is 7.11 Å². The molecule has 22 heavy (non-hydrogen) atoms. The van der Waals surface area contributed by atoms with Crippen molar-refractivity contribution in [3.63, 3.8) is 0 Å². The van der Waals surface area contributed by atoms with Crippen LogP contribution in [-0.4, -0.2) is 23.9 Å². The topological polar surface area (TPSA) is 58.9 Å². The van der Waals surface area contributed by atoms with Crippen LogP contribution >= 0.6 is 0 Å². The summed E-state index contributed by atoms with van der Waals surface area (Å²) in [6.07, 6.45) is 3.36. The number of hydrogen-bond acceptors (Lipinski definition) is 4. The summed E-state index contributed by atoms with van der Waals surface area (Å²) < 4.78 is 10.7. The van der Waals surface area contributed by atoms with E-state index in [1.165, 1.54) is 19.2 Å². The zero-order chi connectivity index (χ0) is 15.9. The third-order valence-corrected chi connectivity index (χ3v) is 3.25. The summed E-state index contributed by atoms with van der Waals surface area (Å²) in [7, 11) is 1.44. The molecule has 0 aliphatic heterocycles. The van der Waals surface area contributed by atoms with E-state index in [-0.39, 0.29) is 23.4 Å². The summed E-state index contributed by atoms with van der Waals surface area (Å²) in [4.78, 5) is 0. The zero-order valence-electron chi connectivity index (χ0n) is 12.7. The molecule has 2 rings (SSSR count). The highest BCUT2D eigenvalue weighted by atomic mass is 16.5. The fraction of sp³-hybridized carbons (Fsp3) is 0.222. The number of ether oxygens (including phenoxy) is 2. The van der Waals surface area contributed by atoms with E-state index in [0.717, 1.165) is 5.56 Å². The lowest BCUT2D eigenvalue weighted by atomic mass is 10.1. The van der Waals surface area contributed by atoms with Gasteiger partial charge in [-0.3, -0.25) is 0 Å². The first-order valence-corrected chi connectivity index (χ1v) is 7.10. The molecule has 0 aromatic heterocycles. The van der Waals surface area contributed by atoms with Gasteiger partial charge in [0.1, 0.15) is 11.9 Å². The van der Waals surface area contributed by atoms with Gasteiger partial charge in [-0.2, -0.15) is 0 Å². The molecule has 1 atom stereocenters. The molecule has 0 aliphatic rings. The lowest BCUT2D eigenvalue weighted by Crippen LogP contribution is -2.00. The van der Waals surface area contributed by atoms with Crippen LogP contribution in [0.4, 0.5) is 0 Å². The molecule has 0 amide bonds. The van der Waals surface area contributed by atoms with Crippen LogP contribution in [0.15, 0.2) is 48.5 Å². The molecular weight excluding hydrogens is 280 g/mol. The molecule has 0 spiro atoms. The predicted octanol–water partition coefficient (Wildman–Crippen LogP) is 3.90. The van der Waals surface area contributed by atoms with Gasteiger partial charge < -0.3 is 19.7 Å². The van der Waals surface area contributed by atoms with E-state index < -0.39 is 0 Å². The molecule has 0 fully saturated rings. The molecular formula is C18H20O4. The molecule has 0 heterocycles. The molecule has 0 aliphatic carbocycles. The van der Waals surface area contributed by atoms with Gasteiger partial charge in [0, 0.05) is 18.2 Å². The Bertz CT molecular complexity index is 635. The van der Waals surface area contributed by atoms with Crippen molar-refractivity contribution in [3.8, 4) is 17.2 Å². The van der Waals surface area contributed by atoms with Gasteiger partial charge >= 0.3 is 0 Å². The van der Waals surface area contributed by atoms with Gasteiger partial charge in [-0.1, -0.05) is 42.5 Å². The SMILES string of the molecule is CCOC(C=Cc1cc(O)c(OC)cc1O)c1ccccc1. The Hall–Kier alpha value is -2.46. The minimum absolute atomic E-state index is 0.0207. The number of phenolic OH excluding ortho intramolecular Hbond substituents is 2. The Balaban J connectivity index is 2.27. The minimum atomic E-state index is -0.213. The highest BCUT2D eigenvalue weighted by Crippen LogP contribution is 2.34. The first-order valence-electron chi connectivity index (χ1n) is 7.10. The molecule has 116 valence electrons. The van der Waals surface area contributed by atoms with Crippen LogP contribution < -0.4 is 4.74 Å². The zero-order valence-corrected chi connectivity index (χ0v) is 12.7. The van der Waals surface area contributed by atoms with Gasteiger partial charge in [0.15, 0.2) is 11.5 Å². The van der Waals surface area contributed by atoms with E-state index in [1.807, 2.05) is 43.3 Å². The Morgan fingerprint density at radius 1 is 1.09 bits per heavy atom. The molecule has 0 saturated carbocycles. The van der Waals surface area contributed by atoms with Gasteiger partial charge in [0.2, 0.25) is 0 Å². The van der Waals surface area contributed by atoms with Crippen LogP contribution in [0, 0.1) is 0 Å². The monoisotopic (exact) mass is 300 g/mol. The average molecular weight is 300 g/mol. The third kappa shape index (κ3) is 3.80. The minimum Gasteiger partial charge on any atom is -0.507 e. The van der Waals surface area contributed by atoms with E-state index in [0.29, 0.717) is 12.2 Å². The standard InChI is InChI=1S/C18H20O4/c1-3-22-17(13-7-5-4-6-8-13)10-9-14-11-16(20)18(21-2)12-15(14)19/h4-12,17,19-20H,3H2,1-2H3. The second kappa shape index (κ2) is 7.52. The van der Waals surface area contributed by atoms with E-state index in [9.17, 15) is 10.2 Å². The summed E-state index contributed by atoms with van der Waals surface area (Å²) in [5.41, 5.74) is 1.52. The molecule has 0 radical (unpaired) electrons. The van der Waals surface area contributed by atoms with Crippen molar-refractivity contribution in [2.24, 2.45) is 0 Å². The molecule has 4 heteroatoms. The smallest absolute Gasteiger partial charge is 0.164 e. The van der Waals surface area contributed by atoms with Crippen molar-refractivity contribution in [3.05, 3.63) is 59.7 Å². The Kier molecular flexibility index (Phi) is 5.44. The molecule has 4 nitrogen and oxygen atoms in total. The second-order valence-corrected chi connectivity index (χ2v) is 4.73. The quantitative estimate of drug-likeness (QED) is 0.794. The maximum Gasteiger partial charge on any atom is 0.164 e.